The molecule has 8 nitrogen and oxygen atoms in total. The molecule has 0 radical (unpaired) electrons. The number of aromatic nitrogens is 1. The molecule has 130 valence electrons. The van der Waals surface area contributed by atoms with Crippen LogP contribution in [0.1, 0.15) is 29.4 Å². The Balaban J connectivity index is 2.74. The molecule has 0 spiro atoms. The molecule has 0 aliphatic carbocycles. The van der Waals surface area contributed by atoms with Crippen molar-refractivity contribution in [3.05, 3.63) is 35.7 Å². The summed E-state index contributed by atoms with van der Waals surface area (Å²) in [4.78, 5) is 24.0. The fraction of sp³-hybridized carbons (Fsp3) is 0.235. The Morgan fingerprint density at radius 3 is 2.64 bits per heavy atom. The molecule has 25 heavy (non-hydrogen) atoms. The van der Waals surface area contributed by atoms with Gasteiger partial charge in [-0.1, -0.05) is 6.92 Å². The zero-order valence-electron chi connectivity index (χ0n) is 14.1. The second-order valence-corrected chi connectivity index (χ2v) is 5.06. The van der Waals surface area contributed by atoms with E-state index in [0.29, 0.717) is 17.1 Å². The quantitative estimate of drug-likeness (QED) is 0.803. The maximum absolute atomic E-state index is 12.2. The normalized spacial score (nSPS) is 10.0. The van der Waals surface area contributed by atoms with Gasteiger partial charge in [0.05, 0.1) is 36.8 Å². The van der Waals surface area contributed by atoms with E-state index in [9.17, 15) is 14.9 Å². The predicted molar refractivity (Wildman–Crippen MR) is 91.7 cm³/mol. The summed E-state index contributed by atoms with van der Waals surface area (Å²) in [6.45, 7) is 1.72. The van der Waals surface area contributed by atoms with Crippen molar-refractivity contribution in [1.29, 1.82) is 5.26 Å². The number of esters is 1. The van der Waals surface area contributed by atoms with Crippen molar-refractivity contribution in [1.82, 2.24) is 4.57 Å². The first kappa shape index (κ1) is 17.9. The molecule has 1 aromatic carbocycles. The van der Waals surface area contributed by atoms with Gasteiger partial charge in [0.1, 0.15) is 11.8 Å². The molecule has 0 unspecified atom stereocenters. The first-order valence-electron chi connectivity index (χ1n) is 7.44. The van der Waals surface area contributed by atoms with Gasteiger partial charge in [-0.2, -0.15) is 5.26 Å². The number of methoxy groups -OCH3 is 2. The van der Waals surface area contributed by atoms with Crippen LogP contribution in [-0.2, 0) is 9.53 Å². The molecule has 1 amide bonds. The third kappa shape index (κ3) is 3.40. The zero-order chi connectivity index (χ0) is 18.6. The number of rotatable bonds is 5. The molecule has 1 aromatic heterocycles. The van der Waals surface area contributed by atoms with E-state index in [0.717, 1.165) is 0 Å². The van der Waals surface area contributed by atoms with E-state index in [1.807, 2.05) is 6.07 Å². The Kier molecular flexibility index (Phi) is 5.29. The van der Waals surface area contributed by atoms with Gasteiger partial charge in [0.2, 0.25) is 5.91 Å². The molecule has 0 saturated carbocycles. The third-order valence-corrected chi connectivity index (χ3v) is 3.60. The fourth-order valence-electron chi connectivity index (χ4n) is 2.29. The molecule has 2 rings (SSSR count). The summed E-state index contributed by atoms with van der Waals surface area (Å²) < 4.78 is 11.4. The SMILES string of the molecule is CCC(=O)Nc1ccc(OC)cc1-n1cc(C#N)c(N)c1C(=O)OC. The smallest absolute Gasteiger partial charge is 0.357 e. The molecule has 0 aliphatic heterocycles. The summed E-state index contributed by atoms with van der Waals surface area (Å²) in [5, 5.41) is 12.0. The van der Waals surface area contributed by atoms with Gasteiger partial charge in [0, 0.05) is 18.7 Å². The fourth-order valence-corrected chi connectivity index (χ4v) is 2.29. The largest absolute Gasteiger partial charge is 0.497 e. The number of hydrogen-bond acceptors (Lipinski definition) is 6. The molecule has 0 fully saturated rings. The monoisotopic (exact) mass is 342 g/mol. The summed E-state index contributed by atoms with van der Waals surface area (Å²) >= 11 is 0. The first-order valence-corrected chi connectivity index (χ1v) is 7.44. The number of nitrogens with two attached hydrogens (primary N) is 1. The third-order valence-electron chi connectivity index (χ3n) is 3.60. The Bertz CT molecular complexity index is 864. The van der Waals surface area contributed by atoms with Crippen LogP contribution in [0.15, 0.2) is 24.4 Å². The highest BCUT2D eigenvalue weighted by molar-refractivity contribution is 5.97. The van der Waals surface area contributed by atoms with Gasteiger partial charge >= 0.3 is 5.97 Å². The number of carbonyl (C=O) groups excluding carboxylic acids is 2. The Morgan fingerprint density at radius 1 is 1.36 bits per heavy atom. The Labute approximate surface area is 144 Å². The average molecular weight is 342 g/mol. The molecule has 0 saturated heterocycles. The molecule has 0 bridgehead atoms. The molecule has 0 aliphatic rings. The van der Waals surface area contributed by atoms with Gasteiger partial charge in [0.25, 0.3) is 0 Å². The highest BCUT2D eigenvalue weighted by Crippen LogP contribution is 2.31. The number of anilines is 2. The number of nitrogen functional groups attached to an aromatic ring is 1. The number of nitrogens with zero attached hydrogens (tertiary/aromatic N) is 2. The summed E-state index contributed by atoms with van der Waals surface area (Å²) in [6, 6.07) is 6.87. The average Bonchev–Trinajstić information content (AvgIpc) is 2.97. The van der Waals surface area contributed by atoms with Crippen LogP contribution in [0.3, 0.4) is 0 Å². The van der Waals surface area contributed by atoms with E-state index < -0.39 is 5.97 Å². The molecular formula is C17H18N4O4. The van der Waals surface area contributed by atoms with Gasteiger partial charge in [-0.3, -0.25) is 4.79 Å². The number of amides is 1. The number of benzene rings is 1. The van der Waals surface area contributed by atoms with E-state index in [1.165, 1.54) is 25.0 Å². The summed E-state index contributed by atoms with van der Waals surface area (Å²) in [6.07, 6.45) is 1.70. The molecule has 8 heteroatoms. The van der Waals surface area contributed by atoms with Crippen LogP contribution in [-0.4, -0.2) is 30.7 Å². The van der Waals surface area contributed by atoms with Crippen LogP contribution >= 0.6 is 0 Å². The molecule has 0 atom stereocenters. The summed E-state index contributed by atoms with van der Waals surface area (Å²) in [7, 11) is 2.71. The minimum Gasteiger partial charge on any atom is -0.497 e. The van der Waals surface area contributed by atoms with Crippen LogP contribution in [0, 0.1) is 11.3 Å². The van der Waals surface area contributed by atoms with Crippen molar-refractivity contribution < 1.29 is 19.1 Å². The Morgan fingerprint density at radius 2 is 2.08 bits per heavy atom. The van der Waals surface area contributed by atoms with Crippen LogP contribution in [0.25, 0.3) is 5.69 Å². The number of nitriles is 1. The first-order chi connectivity index (χ1) is 12.0. The maximum Gasteiger partial charge on any atom is 0.357 e. The van der Waals surface area contributed by atoms with E-state index in [2.05, 4.69) is 5.32 Å². The van der Waals surface area contributed by atoms with E-state index in [-0.39, 0.29) is 29.3 Å². The molecule has 1 heterocycles. The second kappa shape index (κ2) is 7.40. The minimum atomic E-state index is -0.699. The van der Waals surface area contributed by atoms with E-state index in [4.69, 9.17) is 15.2 Å². The van der Waals surface area contributed by atoms with E-state index in [1.54, 1.807) is 25.1 Å². The van der Waals surface area contributed by atoms with Crippen molar-refractivity contribution in [3.63, 3.8) is 0 Å². The second-order valence-electron chi connectivity index (χ2n) is 5.06. The van der Waals surface area contributed by atoms with Crippen molar-refractivity contribution in [3.8, 4) is 17.5 Å². The van der Waals surface area contributed by atoms with Crippen LogP contribution < -0.4 is 15.8 Å². The highest BCUT2D eigenvalue weighted by atomic mass is 16.5. The molecule has 2 aromatic rings. The Hall–Kier alpha value is -3.47. The number of nitrogens with one attached hydrogen (secondary N) is 1. The zero-order valence-corrected chi connectivity index (χ0v) is 14.1. The maximum atomic E-state index is 12.2. The van der Waals surface area contributed by atoms with Crippen molar-refractivity contribution >= 4 is 23.3 Å². The van der Waals surface area contributed by atoms with Gasteiger partial charge in [-0.15, -0.1) is 0 Å². The highest BCUT2D eigenvalue weighted by Gasteiger charge is 2.23. The van der Waals surface area contributed by atoms with Crippen LogP contribution in [0.2, 0.25) is 0 Å². The number of ether oxygens (including phenoxy) is 2. The molecular weight excluding hydrogens is 324 g/mol. The number of carbonyl (C=O) groups is 2. The van der Waals surface area contributed by atoms with Crippen LogP contribution in [0.4, 0.5) is 11.4 Å². The van der Waals surface area contributed by atoms with Crippen LogP contribution in [0.5, 0.6) is 5.75 Å². The molecule has 3 N–H and O–H groups in total. The van der Waals surface area contributed by atoms with E-state index >= 15 is 0 Å². The van der Waals surface area contributed by atoms with Gasteiger partial charge in [-0.05, 0) is 12.1 Å². The van der Waals surface area contributed by atoms with Gasteiger partial charge in [-0.25, -0.2) is 4.79 Å². The van der Waals surface area contributed by atoms with Crippen molar-refractivity contribution in [2.45, 2.75) is 13.3 Å². The lowest BCUT2D eigenvalue weighted by Gasteiger charge is -2.15. The lowest BCUT2D eigenvalue weighted by molar-refractivity contribution is -0.115. The lowest BCUT2D eigenvalue weighted by Crippen LogP contribution is -2.15. The lowest BCUT2D eigenvalue weighted by atomic mass is 10.2. The van der Waals surface area contributed by atoms with Crippen molar-refractivity contribution in [2.24, 2.45) is 0 Å². The minimum absolute atomic E-state index is 0.000648. The summed E-state index contributed by atoms with van der Waals surface area (Å²) in [5.41, 5.74) is 6.91. The summed E-state index contributed by atoms with van der Waals surface area (Å²) in [5.74, 6) is -0.396. The number of hydrogen-bond donors (Lipinski definition) is 2. The topological polar surface area (TPSA) is 119 Å². The van der Waals surface area contributed by atoms with Gasteiger partial charge < -0.3 is 25.1 Å². The predicted octanol–water partition coefficient (Wildman–Crippen LogP) is 2.07. The van der Waals surface area contributed by atoms with Gasteiger partial charge in [0.15, 0.2) is 5.69 Å². The standard InChI is InChI=1S/C17H18N4O4/c1-4-14(22)20-12-6-5-11(24-2)7-13(12)21-9-10(8-18)15(19)16(21)17(23)25-3/h5-7,9H,4,19H2,1-3H3,(H,20,22). The van der Waals surface area contributed by atoms with Crippen molar-refractivity contribution in [2.75, 3.05) is 25.3 Å².